The van der Waals surface area contributed by atoms with E-state index in [0.717, 1.165) is 16.7 Å². The molecule has 0 saturated carbocycles. The molecule has 0 fully saturated rings. The van der Waals surface area contributed by atoms with Crippen molar-refractivity contribution in [3.8, 4) is 17.6 Å². The Morgan fingerprint density at radius 3 is 2.47 bits per heavy atom. The highest BCUT2D eigenvalue weighted by Crippen LogP contribution is 2.37. The molecule has 0 spiro atoms. The zero-order valence-corrected chi connectivity index (χ0v) is 18.9. The van der Waals surface area contributed by atoms with Gasteiger partial charge in [-0.1, -0.05) is 53.6 Å². The van der Waals surface area contributed by atoms with Crippen LogP contribution in [0.15, 0.2) is 66.2 Å². The number of carbonyl (C=O) groups excluding carboxylic acids is 1. The molecule has 0 aliphatic heterocycles. The average Bonchev–Trinajstić information content (AvgIpc) is 2.76. The van der Waals surface area contributed by atoms with Gasteiger partial charge in [0, 0.05) is 5.69 Å². The Morgan fingerprint density at radius 2 is 1.81 bits per heavy atom. The van der Waals surface area contributed by atoms with Crippen molar-refractivity contribution in [1.82, 2.24) is 0 Å². The van der Waals surface area contributed by atoms with Crippen LogP contribution < -0.4 is 14.8 Å². The smallest absolute Gasteiger partial charge is 0.266 e. The fourth-order valence-electron chi connectivity index (χ4n) is 3.16. The number of halogens is 1. The van der Waals surface area contributed by atoms with Gasteiger partial charge >= 0.3 is 0 Å². The maximum atomic E-state index is 12.6. The van der Waals surface area contributed by atoms with Gasteiger partial charge < -0.3 is 14.8 Å². The van der Waals surface area contributed by atoms with E-state index in [1.807, 2.05) is 62.4 Å². The minimum Gasteiger partial charge on any atom is -0.493 e. The largest absolute Gasteiger partial charge is 0.493 e. The lowest BCUT2D eigenvalue weighted by molar-refractivity contribution is -0.112. The number of rotatable bonds is 7. The second-order valence-electron chi connectivity index (χ2n) is 7.31. The van der Waals surface area contributed by atoms with Gasteiger partial charge in [-0.05, 0) is 60.9 Å². The highest BCUT2D eigenvalue weighted by atomic mass is 35.5. The summed E-state index contributed by atoms with van der Waals surface area (Å²) in [7, 11) is 1.51. The van der Waals surface area contributed by atoms with Crippen LogP contribution in [0.25, 0.3) is 6.08 Å². The summed E-state index contributed by atoms with van der Waals surface area (Å²) in [5, 5.41) is 12.6. The van der Waals surface area contributed by atoms with Crippen molar-refractivity contribution < 1.29 is 14.3 Å². The van der Waals surface area contributed by atoms with Gasteiger partial charge in [0.1, 0.15) is 18.2 Å². The summed E-state index contributed by atoms with van der Waals surface area (Å²) in [6.07, 6.45) is 1.46. The summed E-state index contributed by atoms with van der Waals surface area (Å²) in [5.74, 6) is 0.302. The molecular formula is C26H23ClN2O3. The number of hydrogen-bond acceptors (Lipinski definition) is 4. The molecule has 0 aromatic heterocycles. The maximum absolute atomic E-state index is 12.6. The number of benzene rings is 3. The molecule has 3 aromatic rings. The molecule has 0 bridgehead atoms. The third-order valence-electron chi connectivity index (χ3n) is 4.67. The fraction of sp³-hybridized carbons (Fsp3) is 0.154. The number of nitrogens with one attached hydrogen (secondary N) is 1. The summed E-state index contributed by atoms with van der Waals surface area (Å²) in [6, 6.07) is 20.6. The highest BCUT2D eigenvalue weighted by molar-refractivity contribution is 6.32. The standard InChI is InChI=1S/C26H23ClN2O3/c1-17-6-4-8-19(10-17)16-32-25-23(27)13-20(14-24(25)31-3)12-21(15-28)26(30)29-22-9-5-7-18(2)11-22/h4-14H,16H2,1-3H3,(H,29,30)/b21-12-. The molecule has 6 heteroatoms. The molecule has 0 radical (unpaired) electrons. The monoisotopic (exact) mass is 446 g/mol. The summed E-state index contributed by atoms with van der Waals surface area (Å²) in [5.41, 5.74) is 4.25. The Hall–Kier alpha value is -3.75. The number of aryl methyl sites for hydroxylation is 2. The van der Waals surface area contributed by atoms with E-state index in [1.54, 1.807) is 18.2 Å². The maximum Gasteiger partial charge on any atom is 0.266 e. The van der Waals surface area contributed by atoms with Crippen molar-refractivity contribution >= 4 is 29.3 Å². The third-order valence-corrected chi connectivity index (χ3v) is 4.95. The van der Waals surface area contributed by atoms with Crippen LogP contribution >= 0.6 is 11.6 Å². The Kier molecular flexibility index (Phi) is 7.54. The zero-order valence-electron chi connectivity index (χ0n) is 18.1. The van der Waals surface area contributed by atoms with Gasteiger partial charge in [-0.2, -0.15) is 5.26 Å². The first-order valence-corrected chi connectivity index (χ1v) is 10.3. The molecule has 32 heavy (non-hydrogen) atoms. The zero-order chi connectivity index (χ0) is 23.1. The summed E-state index contributed by atoms with van der Waals surface area (Å²) < 4.78 is 11.3. The topological polar surface area (TPSA) is 71.3 Å². The first-order valence-electron chi connectivity index (χ1n) is 9.95. The van der Waals surface area contributed by atoms with Crippen LogP contribution in [0.2, 0.25) is 5.02 Å². The van der Waals surface area contributed by atoms with Gasteiger partial charge in [0.05, 0.1) is 12.1 Å². The third kappa shape index (κ3) is 5.90. The first-order chi connectivity index (χ1) is 15.4. The van der Waals surface area contributed by atoms with Gasteiger partial charge in [-0.25, -0.2) is 0 Å². The Balaban J connectivity index is 1.82. The van der Waals surface area contributed by atoms with Crippen LogP contribution in [0.1, 0.15) is 22.3 Å². The van der Waals surface area contributed by atoms with Crippen molar-refractivity contribution in [3.05, 3.63) is 93.5 Å². The van der Waals surface area contributed by atoms with Crippen LogP contribution in [0, 0.1) is 25.2 Å². The van der Waals surface area contributed by atoms with Crippen molar-refractivity contribution in [1.29, 1.82) is 5.26 Å². The molecule has 0 aliphatic carbocycles. The average molecular weight is 447 g/mol. The first kappa shape index (κ1) is 22.9. The van der Waals surface area contributed by atoms with Gasteiger partial charge in [-0.3, -0.25) is 4.79 Å². The molecular weight excluding hydrogens is 424 g/mol. The number of nitriles is 1. The lowest BCUT2D eigenvalue weighted by Gasteiger charge is -2.14. The van der Waals surface area contributed by atoms with Gasteiger partial charge in [0.15, 0.2) is 11.5 Å². The van der Waals surface area contributed by atoms with Crippen molar-refractivity contribution in [2.45, 2.75) is 20.5 Å². The van der Waals surface area contributed by atoms with Gasteiger partial charge in [0.2, 0.25) is 0 Å². The predicted octanol–water partition coefficient (Wildman–Crippen LogP) is 6.09. The van der Waals surface area contributed by atoms with E-state index >= 15 is 0 Å². The Morgan fingerprint density at radius 1 is 1.09 bits per heavy atom. The molecule has 1 N–H and O–H groups in total. The summed E-state index contributed by atoms with van der Waals surface area (Å²) in [4.78, 5) is 12.6. The number of nitrogens with zero attached hydrogens (tertiary/aromatic N) is 1. The second-order valence-corrected chi connectivity index (χ2v) is 7.71. The molecule has 0 aliphatic rings. The predicted molar refractivity (Wildman–Crippen MR) is 127 cm³/mol. The van der Waals surface area contributed by atoms with Crippen LogP contribution in [0.5, 0.6) is 11.5 Å². The normalized spacial score (nSPS) is 10.9. The summed E-state index contributed by atoms with van der Waals surface area (Å²) >= 11 is 6.45. The van der Waals surface area contributed by atoms with Crippen LogP contribution in [-0.2, 0) is 11.4 Å². The van der Waals surface area contributed by atoms with Crippen molar-refractivity contribution in [2.75, 3.05) is 12.4 Å². The molecule has 1 amide bonds. The lowest BCUT2D eigenvalue weighted by Crippen LogP contribution is -2.13. The van der Waals surface area contributed by atoms with Crippen LogP contribution in [0.3, 0.4) is 0 Å². The molecule has 0 saturated heterocycles. The molecule has 0 unspecified atom stereocenters. The number of methoxy groups -OCH3 is 1. The molecule has 0 heterocycles. The number of carbonyl (C=O) groups is 1. The van der Waals surface area contributed by atoms with E-state index < -0.39 is 5.91 Å². The van der Waals surface area contributed by atoms with E-state index in [4.69, 9.17) is 21.1 Å². The number of anilines is 1. The van der Waals surface area contributed by atoms with Crippen molar-refractivity contribution in [2.24, 2.45) is 0 Å². The van der Waals surface area contributed by atoms with Crippen molar-refractivity contribution in [3.63, 3.8) is 0 Å². The van der Waals surface area contributed by atoms with E-state index in [1.165, 1.54) is 13.2 Å². The Labute approximate surface area is 192 Å². The van der Waals surface area contributed by atoms with E-state index in [-0.39, 0.29) is 5.57 Å². The van der Waals surface area contributed by atoms with E-state index in [9.17, 15) is 10.1 Å². The van der Waals surface area contributed by atoms with Gasteiger partial charge in [0.25, 0.3) is 5.91 Å². The molecule has 0 atom stereocenters. The second kappa shape index (κ2) is 10.5. The molecule has 3 aromatic carbocycles. The van der Waals surface area contributed by atoms with Gasteiger partial charge in [-0.15, -0.1) is 0 Å². The van der Waals surface area contributed by atoms with E-state index in [2.05, 4.69) is 5.32 Å². The minimum absolute atomic E-state index is 0.0574. The lowest BCUT2D eigenvalue weighted by atomic mass is 10.1. The minimum atomic E-state index is -0.507. The Bertz CT molecular complexity index is 1210. The van der Waals surface area contributed by atoms with Crippen LogP contribution in [-0.4, -0.2) is 13.0 Å². The summed E-state index contributed by atoms with van der Waals surface area (Å²) in [6.45, 7) is 4.27. The number of ether oxygens (including phenoxy) is 2. The fourth-order valence-corrected chi connectivity index (χ4v) is 3.43. The molecule has 5 nitrogen and oxygen atoms in total. The highest BCUT2D eigenvalue weighted by Gasteiger charge is 2.15. The molecule has 162 valence electrons. The SMILES string of the molecule is COc1cc(/C=C(/C#N)C(=O)Nc2cccc(C)c2)cc(Cl)c1OCc1cccc(C)c1. The van der Waals surface area contributed by atoms with Crippen LogP contribution in [0.4, 0.5) is 5.69 Å². The number of hydrogen-bond donors (Lipinski definition) is 1. The molecule has 3 rings (SSSR count). The van der Waals surface area contributed by atoms with E-state index in [0.29, 0.717) is 34.4 Å². The number of amides is 1. The quantitative estimate of drug-likeness (QED) is 0.352.